The maximum Gasteiger partial charge on any atom is 0.388 e. The fraction of sp³-hybridized carbons (Fsp3) is 0.200. The van der Waals surface area contributed by atoms with Gasteiger partial charge in [-0.05, 0) is 48.9 Å². The molecule has 144 valence electrons. The van der Waals surface area contributed by atoms with E-state index in [9.17, 15) is 8.78 Å². The predicted octanol–water partition coefficient (Wildman–Crippen LogP) is 4.29. The maximum absolute atomic E-state index is 12.5. The molecule has 0 fully saturated rings. The van der Waals surface area contributed by atoms with Crippen LogP contribution in [-0.2, 0) is 0 Å². The Morgan fingerprint density at radius 2 is 2.04 bits per heavy atom. The van der Waals surface area contributed by atoms with Gasteiger partial charge in [0.05, 0.1) is 17.2 Å². The van der Waals surface area contributed by atoms with Crippen molar-refractivity contribution in [1.29, 1.82) is 0 Å². The molecule has 0 aliphatic heterocycles. The van der Waals surface area contributed by atoms with Crippen LogP contribution in [0.5, 0.6) is 11.6 Å². The standard InChI is InChI=1S/C20H17F2N3O3/c1-11-6-14(19-15(7-11)25-18(10-24-19)28-20(21)22)17-9-12-8-13(26-5-4-23)2-3-16(12)27-17/h2-3,6-10,20H,4-5,23H2,1H3. The Bertz CT molecular complexity index is 1140. The zero-order chi connectivity index (χ0) is 19.7. The van der Waals surface area contributed by atoms with Crippen molar-refractivity contribution in [1.82, 2.24) is 9.97 Å². The first-order valence-corrected chi connectivity index (χ1v) is 8.62. The van der Waals surface area contributed by atoms with E-state index in [1.807, 2.05) is 37.3 Å². The van der Waals surface area contributed by atoms with Crippen LogP contribution in [-0.4, -0.2) is 29.7 Å². The van der Waals surface area contributed by atoms with Crippen LogP contribution in [0.15, 0.2) is 47.0 Å². The Morgan fingerprint density at radius 1 is 1.18 bits per heavy atom. The molecular weight excluding hydrogens is 368 g/mol. The second-order valence-corrected chi connectivity index (χ2v) is 6.21. The lowest BCUT2D eigenvalue weighted by molar-refractivity contribution is -0.0528. The molecular formula is C20H17F2N3O3. The van der Waals surface area contributed by atoms with E-state index in [1.165, 1.54) is 6.20 Å². The van der Waals surface area contributed by atoms with Crippen LogP contribution in [0, 0.1) is 6.92 Å². The molecule has 2 heterocycles. The third kappa shape index (κ3) is 3.59. The van der Waals surface area contributed by atoms with Gasteiger partial charge in [-0.1, -0.05) is 0 Å². The van der Waals surface area contributed by atoms with Crippen molar-refractivity contribution in [2.75, 3.05) is 13.2 Å². The van der Waals surface area contributed by atoms with E-state index in [0.717, 1.165) is 10.9 Å². The molecule has 28 heavy (non-hydrogen) atoms. The molecule has 0 amide bonds. The average molecular weight is 385 g/mol. The lowest BCUT2D eigenvalue weighted by atomic mass is 10.1. The Balaban J connectivity index is 1.79. The molecule has 2 aromatic carbocycles. The van der Waals surface area contributed by atoms with Crippen molar-refractivity contribution >= 4 is 22.0 Å². The summed E-state index contributed by atoms with van der Waals surface area (Å²) in [6, 6.07) is 11.1. The SMILES string of the molecule is Cc1cc(-c2cc3cc(OCCN)ccc3o2)c2ncc(OC(F)F)nc2c1. The van der Waals surface area contributed by atoms with Gasteiger partial charge in [0.15, 0.2) is 0 Å². The monoisotopic (exact) mass is 385 g/mol. The fourth-order valence-electron chi connectivity index (χ4n) is 3.00. The molecule has 6 nitrogen and oxygen atoms in total. The molecule has 0 aliphatic rings. The normalized spacial score (nSPS) is 11.5. The van der Waals surface area contributed by atoms with Gasteiger partial charge in [-0.2, -0.15) is 8.78 Å². The van der Waals surface area contributed by atoms with Gasteiger partial charge in [0.2, 0.25) is 5.88 Å². The number of halogens is 2. The summed E-state index contributed by atoms with van der Waals surface area (Å²) in [5.74, 6) is 1.06. The highest BCUT2D eigenvalue weighted by Crippen LogP contribution is 2.34. The molecule has 0 radical (unpaired) electrons. The Morgan fingerprint density at radius 3 is 2.82 bits per heavy atom. The third-order valence-corrected chi connectivity index (χ3v) is 4.12. The van der Waals surface area contributed by atoms with E-state index in [-0.39, 0.29) is 5.88 Å². The minimum Gasteiger partial charge on any atom is -0.492 e. The molecule has 4 aromatic rings. The summed E-state index contributed by atoms with van der Waals surface area (Å²) in [4.78, 5) is 8.39. The molecule has 0 spiro atoms. The van der Waals surface area contributed by atoms with Crippen LogP contribution in [0.3, 0.4) is 0 Å². The second-order valence-electron chi connectivity index (χ2n) is 6.21. The Labute approximate surface area is 158 Å². The van der Waals surface area contributed by atoms with Crippen molar-refractivity contribution in [2.24, 2.45) is 5.73 Å². The number of aryl methyl sites for hydroxylation is 1. The maximum atomic E-state index is 12.5. The number of alkyl halides is 2. The molecule has 0 saturated carbocycles. The summed E-state index contributed by atoms with van der Waals surface area (Å²) >= 11 is 0. The highest BCUT2D eigenvalue weighted by Gasteiger charge is 2.15. The van der Waals surface area contributed by atoms with Crippen LogP contribution < -0.4 is 15.2 Å². The Hall–Kier alpha value is -3.26. The molecule has 0 bridgehead atoms. The smallest absolute Gasteiger partial charge is 0.388 e. The molecule has 0 unspecified atom stereocenters. The van der Waals surface area contributed by atoms with Crippen LogP contribution in [0.25, 0.3) is 33.3 Å². The van der Waals surface area contributed by atoms with E-state index in [2.05, 4.69) is 14.7 Å². The van der Waals surface area contributed by atoms with E-state index in [0.29, 0.717) is 46.8 Å². The first kappa shape index (κ1) is 18.1. The van der Waals surface area contributed by atoms with E-state index in [4.69, 9.17) is 14.9 Å². The minimum absolute atomic E-state index is 0.231. The summed E-state index contributed by atoms with van der Waals surface area (Å²) in [7, 11) is 0. The third-order valence-electron chi connectivity index (χ3n) is 4.12. The number of nitrogens with zero attached hydrogens (tertiary/aromatic N) is 2. The summed E-state index contributed by atoms with van der Waals surface area (Å²) in [6.07, 6.45) is 1.18. The van der Waals surface area contributed by atoms with E-state index >= 15 is 0 Å². The van der Waals surface area contributed by atoms with Crippen LogP contribution in [0.2, 0.25) is 0 Å². The largest absolute Gasteiger partial charge is 0.492 e. The molecule has 4 rings (SSSR count). The van der Waals surface area contributed by atoms with Gasteiger partial charge in [-0.25, -0.2) is 9.97 Å². The lowest BCUT2D eigenvalue weighted by Crippen LogP contribution is -2.10. The average Bonchev–Trinajstić information content (AvgIpc) is 3.08. The highest BCUT2D eigenvalue weighted by molar-refractivity contribution is 5.94. The van der Waals surface area contributed by atoms with Crippen molar-refractivity contribution in [3.8, 4) is 23.0 Å². The lowest BCUT2D eigenvalue weighted by Gasteiger charge is -2.07. The van der Waals surface area contributed by atoms with E-state index in [1.54, 1.807) is 6.07 Å². The predicted molar refractivity (Wildman–Crippen MR) is 101 cm³/mol. The summed E-state index contributed by atoms with van der Waals surface area (Å²) in [6.45, 7) is -0.216. The molecule has 0 saturated heterocycles. The molecule has 2 aromatic heterocycles. The molecule has 0 aliphatic carbocycles. The van der Waals surface area contributed by atoms with Crippen molar-refractivity contribution < 1.29 is 22.7 Å². The van der Waals surface area contributed by atoms with Gasteiger partial charge in [-0.3, -0.25) is 0 Å². The molecule has 8 heteroatoms. The van der Waals surface area contributed by atoms with Crippen molar-refractivity contribution in [3.05, 3.63) is 48.2 Å². The van der Waals surface area contributed by atoms with Crippen LogP contribution >= 0.6 is 0 Å². The quantitative estimate of drug-likeness (QED) is 0.533. The van der Waals surface area contributed by atoms with E-state index < -0.39 is 6.61 Å². The number of fused-ring (bicyclic) bond motifs is 2. The first-order valence-electron chi connectivity index (χ1n) is 8.62. The highest BCUT2D eigenvalue weighted by atomic mass is 19.3. The zero-order valence-corrected chi connectivity index (χ0v) is 15.0. The summed E-state index contributed by atoms with van der Waals surface area (Å²) in [5.41, 5.74) is 8.74. The number of ether oxygens (including phenoxy) is 2. The number of nitrogens with two attached hydrogens (primary N) is 1. The number of aromatic nitrogens is 2. The summed E-state index contributed by atoms with van der Waals surface area (Å²) in [5, 5.41) is 0.866. The minimum atomic E-state index is -2.96. The fourth-order valence-corrected chi connectivity index (χ4v) is 3.00. The topological polar surface area (TPSA) is 83.4 Å². The van der Waals surface area contributed by atoms with Gasteiger partial charge in [0, 0.05) is 17.5 Å². The van der Waals surface area contributed by atoms with Gasteiger partial charge in [0.1, 0.15) is 23.7 Å². The van der Waals surface area contributed by atoms with Gasteiger partial charge >= 0.3 is 6.61 Å². The second kappa shape index (κ2) is 7.40. The van der Waals surface area contributed by atoms with Crippen molar-refractivity contribution in [3.63, 3.8) is 0 Å². The van der Waals surface area contributed by atoms with Crippen molar-refractivity contribution in [2.45, 2.75) is 13.5 Å². The molecule has 2 N–H and O–H groups in total. The number of hydrogen-bond acceptors (Lipinski definition) is 6. The number of rotatable bonds is 6. The zero-order valence-electron chi connectivity index (χ0n) is 15.0. The Kier molecular flexibility index (Phi) is 4.79. The summed E-state index contributed by atoms with van der Waals surface area (Å²) < 4.78 is 40.8. The van der Waals surface area contributed by atoms with Crippen LogP contribution in [0.4, 0.5) is 8.78 Å². The van der Waals surface area contributed by atoms with Gasteiger partial charge < -0.3 is 19.6 Å². The van der Waals surface area contributed by atoms with Gasteiger partial charge in [-0.15, -0.1) is 0 Å². The number of furan rings is 1. The molecule has 0 atom stereocenters. The van der Waals surface area contributed by atoms with Gasteiger partial charge in [0.25, 0.3) is 0 Å². The van der Waals surface area contributed by atoms with Crippen LogP contribution in [0.1, 0.15) is 5.56 Å². The number of benzene rings is 2. The first-order chi connectivity index (χ1) is 13.5. The number of hydrogen-bond donors (Lipinski definition) is 1.